The van der Waals surface area contributed by atoms with Gasteiger partial charge in [-0.3, -0.25) is 14.9 Å². The van der Waals surface area contributed by atoms with Gasteiger partial charge in [-0.15, -0.1) is 0 Å². The van der Waals surface area contributed by atoms with Crippen LogP contribution in [0, 0.1) is 17.0 Å². The second kappa shape index (κ2) is 8.14. The van der Waals surface area contributed by atoms with Crippen molar-refractivity contribution >= 4 is 17.4 Å². The Kier molecular flexibility index (Phi) is 5.37. The molecule has 1 aliphatic rings. The van der Waals surface area contributed by atoms with Gasteiger partial charge in [0.15, 0.2) is 5.82 Å². The van der Waals surface area contributed by atoms with Gasteiger partial charge in [0.1, 0.15) is 5.82 Å². The third-order valence-electron chi connectivity index (χ3n) is 5.43. The molecule has 1 amide bonds. The van der Waals surface area contributed by atoms with E-state index >= 15 is 0 Å². The zero-order chi connectivity index (χ0) is 22.1. The molecular formula is C23H23N5O3. The van der Waals surface area contributed by atoms with Crippen LogP contribution < -0.4 is 4.90 Å². The quantitative estimate of drug-likeness (QED) is 0.475. The molecule has 8 heteroatoms. The Bertz CT molecular complexity index is 1160. The minimum absolute atomic E-state index is 0.0481. The fraction of sp³-hybridized carbons (Fsp3) is 0.261. The van der Waals surface area contributed by atoms with Crippen molar-refractivity contribution in [3.05, 3.63) is 81.0 Å². The molecule has 0 fully saturated rings. The zero-order valence-electron chi connectivity index (χ0n) is 17.7. The number of hydrogen-bond donors (Lipinski definition) is 0. The van der Waals surface area contributed by atoms with Crippen molar-refractivity contribution in [3.63, 3.8) is 0 Å². The van der Waals surface area contributed by atoms with E-state index in [1.165, 1.54) is 6.07 Å². The number of hydrogen-bond acceptors (Lipinski definition) is 6. The lowest BCUT2D eigenvalue weighted by Gasteiger charge is -2.31. The summed E-state index contributed by atoms with van der Waals surface area (Å²) < 4.78 is 0. The van der Waals surface area contributed by atoms with Crippen molar-refractivity contribution in [3.8, 4) is 11.4 Å². The lowest BCUT2D eigenvalue weighted by molar-refractivity contribution is -0.385. The maximum absolute atomic E-state index is 13.1. The molecule has 1 aliphatic heterocycles. The number of rotatable bonds is 4. The summed E-state index contributed by atoms with van der Waals surface area (Å²) in [6.07, 6.45) is 0.595. The van der Waals surface area contributed by atoms with Crippen molar-refractivity contribution in [2.45, 2.75) is 19.9 Å². The van der Waals surface area contributed by atoms with E-state index in [1.54, 1.807) is 24.0 Å². The number of nitrogens with zero attached hydrogens (tertiary/aromatic N) is 5. The number of fused-ring (bicyclic) bond motifs is 1. The molecule has 0 saturated heterocycles. The molecule has 3 aromatic rings. The van der Waals surface area contributed by atoms with Crippen molar-refractivity contribution in [2.24, 2.45) is 0 Å². The zero-order valence-corrected chi connectivity index (χ0v) is 17.7. The number of nitro benzene ring substituents is 1. The summed E-state index contributed by atoms with van der Waals surface area (Å²) in [6.45, 7) is 2.51. The van der Waals surface area contributed by atoms with Crippen LogP contribution >= 0.6 is 0 Å². The van der Waals surface area contributed by atoms with Crippen molar-refractivity contribution < 1.29 is 9.72 Å². The summed E-state index contributed by atoms with van der Waals surface area (Å²) in [5.74, 6) is 1.21. The molecule has 1 aromatic heterocycles. The molecule has 0 radical (unpaired) electrons. The molecule has 8 nitrogen and oxygen atoms in total. The van der Waals surface area contributed by atoms with E-state index in [2.05, 4.69) is 0 Å². The molecule has 0 aliphatic carbocycles. The van der Waals surface area contributed by atoms with Crippen LogP contribution in [0.5, 0.6) is 0 Å². The molecular weight excluding hydrogens is 394 g/mol. The molecule has 2 aromatic carbocycles. The highest BCUT2D eigenvalue weighted by Crippen LogP contribution is 2.30. The number of aryl methyl sites for hydroxylation is 1. The van der Waals surface area contributed by atoms with Gasteiger partial charge in [0.25, 0.3) is 11.6 Å². The van der Waals surface area contributed by atoms with Crippen molar-refractivity contribution in [1.82, 2.24) is 14.9 Å². The average Bonchev–Trinajstić information content (AvgIpc) is 2.78. The third-order valence-corrected chi connectivity index (χ3v) is 5.43. The number of amides is 1. The maximum Gasteiger partial charge on any atom is 0.273 e. The number of anilines is 1. The summed E-state index contributed by atoms with van der Waals surface area (Å²) >= 11 is 0. The summed E-state index contributed by atoms with van der Waals surface area (Å²) in [6, 6.07) is 14.4. The van der Waals surface area contributed by atoms with E-state index in [-0.39, 0.29) is 11.6 Å². The Labute approximate surface area is 180 Å². The monoisotopic (exact) mass is 417 g/mol. The highest BCUT2D eigenvalue weighted by molar-refractivity contribution is 5.95. The summed E-state index contributed by atoms with van der Waals surface area (Å²) in [7, 11) is 3.84. The summed E-state index contributed by atoms with van der Waals surface area (Å²) in [4.78, 5) is 37.1. The van der Waals surface area contributed by atoms with Gasteiger partial charge in [-0.2, -0.15) is 0 Å². The summed E-state index contributed by atoms with van der Waals surface area (Å²) in [5.41, 5.74) is 3.57. The molecule has 158 valence electrons. The third kappa shape index (κ3) is 3.96. The van der Waals surface area contributed by atoms with Gasteiger partial charge in [0, 0.05) is 55.4 Å². The second-order valence-electron chi connectivity index (χ2n) is 7.79. The number of aromatic nitrogens is 2. The highest BCUT2D eigenvalue weighted by Gasteiger charge is 2.28. The summed E-state index contributed by atoms with van der Waals surface area (Å²) in [5, 5.41) is 11.3. The molecule has 31 heavy (non-hydrogen) atoms. The maximum atomic E-state index is 13.1. The van der Waals surface area contributed by atoms with Crippen LogP contribution in [0.1, 0.15) is 27.2 Å². The first kappa shape index (κ1) is 20.5. The Morgan fingerprint density at radius 3 is 2.55 bits per heavy atom. The fourth-order valence-electron chi connectivity index (χ4n) is 3.78. The van der Waals surface area contributed by atoms with Crippen molar-refractivity contribution in [1.29, 1.82) is 0 Å². The molecule has 0 bridgehead atoms. The Hall–Kier alpha value is -3.81. The topological polar surface area (TPSA) is 92.5 Å². The van der Waals surface area contributed by atoms with Gasteiger partial charge in [0.2, 0.25) is 0 Å². The van der Waals surface area contributed by atoms with Gasteiger partial charge < -0.3 is 9.80 Å². The standard InChI is InChI=1S/C23H23N5O3/c1-15-9-10-17(13-20(15)28(30)31)23(29)27-12-11-19-18(14-27)22(26(2)3)25-21(24-19)16-7-5-4-6-8-16/h4-10,13H,11-12,14H2,1-3H3. The molecule has 0 atom stereocenters. The van der Waals surface area contributed by atoms with Gasteiger partial charge in [0.05, 0.1) is 17.2 Å². The molecule has 0 spiro atoms. The van der Waals surface area contributed by atoms with Crippen LogP contribution in [-0.4, -0.2) is 46.3 Å². The van der Waals surface area contributed by atoms with Crippen LogP contribution in [-0.2, 0) is 13.0 Å². The highest BCUT2D eigenvalue weighted by atomic mass is 16.6. The molecule has 2 heterocycles. The SMILES string of the molecule is Cc1ccc(C(=O)N2CCc3nc(-c4ccccc4)nc(N(C)C)c3C2)cc1[N+](=O)[O-]. The largest absolute Gasteiger partial charge is 0.362 e. The van der Waals surface area contributed by atoms with Crippen LogP contribution in [0.25, 0.3) is 11.4 Å². The van der Waals surface area contributed by atoms with Gasteiger partial charge >= 0.3 is 0 Å². The predicted molar refractivity (Wildman–Crippen MR) is 118 cm³/mol. The van der Waals surface area contributed by atoms with Crippen LogP contribution in [0.2, 0.25) is 0 Å². The number of benzene rings is 2. The first-order valence-corrected chi connectivity index (χ1v) is 10.0. The van der Waals surface area contributed by atoms with E-state index in [9.17, 15) is 14.9 Å². The minimum Gasteiger partial charge on any atom is -0.362 e. The normalized spacial score (nSPS) is 12.9. The molecule has 0 N–H and O–H groups in total. The number of carbonyl (C=O) groups is 1. The van der Waals surface area contributed by atoms with E-state index in [0.717, 1.165) is 22.6 Å². The smallest absolute Gasteiger partial charge is 0.273 e. The molecule has 0 saturated carbocycles. The Morgan fingerprint density at radius 1 is 1.13 bits per heavy atom. The minimum atomic E-state index is -0.458. The Morgan fingerprint density at radius 2 is 1.87 bits per heavy atom. The van der Waals surface area contributed by atoms with Crippen LogP contribution in [0.4, 0.5) is 11.5 Å². The first-order chi connectivity index (χ1) is 14.8. The average molecular weight is 417 g/mol. The van der Waals surface area contributed by atoms with E-state index < -0.39 is 4.92 Å². The second-order valence-corrected chi connectivity index (χ2v) is 7.79. The van der Waals surface area contributed by atoms with Crippen molar-refractivity contribution in [2.75, 3.05) is 25.5 Å². The first-order valence-electron chi connectivity index (χ1n) is 10.0. The van der Waals surface area contributed by atoms with E-state index in [1.807, 2.05) is 49.3 Å². The molecule has 0 unspecified atom stereocenters. The fourth-order valence-corrected chi connectivity index (χ4v) is 3.78. The lowest BCUT2D eigenvalue weighted by Crippen LogP contribution is -2.37. The molecule has 4 rings (SSSR count). The van der Waals surface area contributed by atoms with E-state index in [0.29, 0.717) is 36.5 Å². The Balaban J connectivity index is 1.68. The number of carbonyl (C=O) groups excluding carboxylic acids is 1. The van der Waals surface area contributed by atoms with Gasteiger partial charge in [-0.25, -0.2) is 9.97 Å². The predicted octanol–water partition coefficient (Wildman–Crippen LogP) is 3.62. The number of nitro groups is 1. The van der Waals surface area contributed by atoms with Crippen LogP contribution in [0.3, 0.4) is 0 Å². The van der Waals surface area contributed by atoms with Crippen LogP contribution in [0.15, 0.2) is 48.5 Å². The van der Waals surface area contributed by atoms with Gasteiger partial charge in [-0.1, -0.05) is 36.4 Å². The van der Waals surface area contributed by atoms with Gasteiger partial charge in [-0.05, 0) is 13.0 Å². The van der Waals surface area contributed by atoms with E-state index in [4.69, 9.17) is 9.97 Å². The lowest BCUT2D eigenvalue weighted by atomic mass is 10.0.